The summed E-state index contributed by atoms with van der Waals surface area (Å²) >= 11 is 0. The van der Waals surface area contributed by atoms with E-state index in [1.165, 1.54) is 16.3 Å². The van der Waals surface area contributed by atoms with Crippen LogP contribution in [-0.4, -0.2) is 31.7 Å². The van der Waals surface area contributed by atoms with Gasteiger partial charge in [-0.1, -0.05) is 42.5 Å². The monoisotopic (exact) mass is 444 g/mol. The molecular weight excluding hydrogens is 419 g/mol. The molecule has 0 saturated heterocycles. The summed E-state index contributed by atoms with van der Waals surface area (Å²) in [6.07, 6.45) is 2.44. The first-order valence-corrected chi connectivity index (χ1v) is 11.1. The van der Waals surface area contributed by atoms with E-state index < -0.39 is 0 Å². The van der Waals surface area contributed by atoms with Crippen molar-refractivity contribution in [1.82, 2.24) is 19.2 Å². The van der Waals surface area contributed by atoms with Crippen molar-refractivity contribution in [2.75, 3.05) is 6.54 Å². The number of carbonyl (C=O) groups is 1. The van der Waals surface area contributed by atoms with E-state index in [0.717, 1.165) is 28.8 Å². The van der Waals surface area contributed by atoms with E-state index in [1.54, 1.807) is 29.3 Å². The first-order valence-electron chi connectivity index (χ1n) is 11.1. The van der Waals surface area contributed by atoms with Gasteiger partial charge >= 0.3 is 0 Å². The van der Waals surface area contributed by atoms with Crippen LogP contribution in [0, 0.1) is 19.7 Å². The SMILES string of the molecule is Cc1c2cnn(CC(=O)N3CCc4ccccc4C3)c(=O)c2c(C)n1Cc1ccccc1F. The van der Waals surface area contributed by atoms with Crippen LogP contribution in [0.4, 0.5) is 4.39 Å². The van der Waals surface area contributed by atoms with Crippen molar-refractivity contribution < 1.29 is 9.18 Å². The highest BCUT2D eigenvalue weighted by atomic mass is 19.1. The first kappa shape index (κ1) is 21.1. The van der Waals surface area contributed by atoms with Gasteiger partial charge in [-0.3, -0.25) is 9.59 Å². The quantitative estimate of drug-likeness (QED) is 0.483. The highest BCUT2D eigenvalue weighted by Crippen LogP contribution is 2.24. The number of carbonyl (C=O) groups excluding carboxylic acids is 1. The molecule has 2 aromatic carbocycles. The van der Waals surface area contributed by atoms with Crippen molar-refractivity contribution in [3.8, 4) is 0 Å². The molecule has 0 radical (unpaired) electrons. The second-order valence-corrected chi connectivity index (χ2v) is 8.58. The lowest BCUT2D eigenvalue weighted by Gasteiger charge is -2.28. The summed E-state index contributed by atoms with van der Waals surface area (Å²) in [6, 6.07) is 14.7. The van der Waals surface area contributed by atoms with Crippen LogP contribution in [0.1, 0.15) is 28.1 Å². The standard InChI is InChI=1S/C26H25FN4O2/c1-17-22-13-28-31(16-24(32)29-12-11-19-7-3-4-8-20(19)14-29)26(33)25(22)18(2)30(17)15-21-9-5-6-10-23(21)27/h3-10,13H,11-12,14-16H2,1-2H3. The molecule has 1 amide bonds. The smallest absolute Gasteiger partial charge is 0.276 e. The van der Waals surface area contributed by atoms with Gasteiger partial charge in [0.2, 0.25) is 5.91 Å². The largest absolute Gasteiger partial charge is 0.343 e. The molecule has 1 aliphatic rings. The Kier molecular flexibility index (Phi) is 5.32. The highest BCUT2D eigenvalue weighted by Gasteiger charge is 2.23. The van der Waals surface area contributed by atoms with Gasteiger partial charge in [0.15, 0.2) is 0 Å². The molecule has 5 rings (SSSR count). The van der Waals surface area contributed by atoms with Crippen LogP contribution < -0.4 is 5.56 Å². The maximum atomic E-state index is 14.2. The van der Waals surface area contributed by atoms with E-state index in [4.69, 9.17) is 0 Å². The minimum atomic E-state index is -0.300. The van der Waals surface area contributed by atoms with E-state index in [-0.39, 0.29) is 23.8 Å². The van der Waals surface area contributed by atoms with Crippen molar-refractivity contribution in [3.05, 3.63) is 99.0 Å². The molecule has 0 N–H and O–H groups in total. The Hall–Kier alpha value is -3.74. The van der Waals surface area contributed by atoms with E-state index in [2.05, 4.69) is 11.2 Å². The number of hydrogen-bond acceptors (Lipinski definition) is 3. The number of halogens is 1. The zero-order valence-corrected chi connectivity index (χ0v) is 18.7. The van der Waals surface area contributed by atoms with Gasteiger partial charge in [0.25, 0.3) is 5.56 Å². The summed E-state index contributed by atoms with van der Waals surface area (Å²) in [7, 11) is 0. The van der Waals surface area contributed by atoms with Crippen LogP contribution in [0.3, 0.4) is 0 Å². The molecule has 4 aromatic rings. The van der Waals surface area contributed by atoms with Gasteiger partial charge in [-0.05, 0) is 37.5 Å². The molecule has 6 nitrogen and oxygen atoms in total. The number of aromatic nitrogens is 3. The van der Waals surface area contributed by atoms with Crippen LogP contribution in [0.2, 0.25) is 0 Å². The Morgan fingerprint density at radius 3 is 2.55 bits per heavy atom. The summed E-state index contributed by atoms with van der Waals surface area (Å²) in [6.45, 7) is 5.15. The van der Waals surface area contributed by atoms with E-state index in [1.807, 2.05) is 36.6 Å². The Labute approximate surface area is 190 Å². The van der Waals surface area contributed by atoms with Crippen LogP contribution >= 0.6 is 0 Å². The summed E-state index contributed by atoms with van der Waals surface area (Å²) < 4.78 is 17.4. The van der Waals surface area contributed by atoms with Crippen molar-refractivity contribution in [2.45, 2.75) is 39.9 Å². The molecule has 0 spiro atoms. The van der Waals surface area contributed by atoms with Crippen LogP contribution in [0.25, 0.3) is 10.8 Å². The van der Waals surface area contributed by atoms with Gasteiger partial charge in [0, 0.05) is 35.4 Å². The number of rotatable bonds is 4. The minimum Gasteiger partial charge on any atom is -0.343 e. The zero-order valence-electron chi connectivity index (χ0n) is 18.7. The molecule has 0 unspecified atom stereocenters. The third kappa shape index (κ3) is 3.73. The number of nitrogens with zero attached hydrogens (tertiary/aromatic N) is 4. The molecule has 33 heavy (non-hydrogen) atoms. The Bertz CT molecular complexity index is 1440. The fraction of sp³-hybridized carbons (Fsp3) is 0.269. The first-order chi connectivity index (χ1) is 15.9. The number of aryl methyl sites for hydroxylation is 2. The molecule has 0 bridgehead atoms. The molecule has 1 aliphatic heterocycles. The van der Waals surface area contributed by atoms with E-state index in [0.29, 0.717) is 30.6 Å². The summed E-state index contributed by atoms with van der Waals surface area (Å²) in [5, 5.41) is 5.54. The molecule has 0 fully saturated rings. The van der Waals surface area contributed by atoms with Gasteiger partial charge in [-0.2, -0.15) is 5.10 Å². The van der Waals surface area contributed by atoms with Crippen LogP contribution in [-0.2, 0) is 30.8 Å². The van der Waals surface area contributed by atoms with Gasteiger partial charge < -0.3 is 9.47 Å². The van der Waals surface area contributed by atoms with Gasteiger partial charge in [0.1, 0.15) is 12.4 Å². The van der Waals surface area contributed by atoms with Gasteiger partial charge in [-0.15, -0.1) is 0 Å². The molecular formula is C26H25FN4O2. The second kappa shape index (κ2) is 8.31. The van der Waals surface area contributed by atoms with Gasteiger partial charge in [0.05, 0.1) is 18.1 Å². The van der Waals surface area contributed by atoms with Crippen molar-refractivity contribution >= 4 is 16.7 Å². The zero-order chi connectivity index (χ0) is 23.1. The predicted molar refractivity (Wildman–Crippen MR) is 125 cm³/mol. The van der Waals surface area contributed by atoms with Crippen molar-refractivity contribution in [3.63, 3.8) is 0 Å². The molecule has 0 atom stereocenters. The Balaban J connectivity index is 1.44. The molecule has 2 aromatic heterocycles. The van der Waals surface area contributed by atoms with E-state index in [9.17, 15) is 14.0 Å². The number of fused-ring (bicyclic) bond motifs is 2. The Morgan fingerprint density at radius 2 is 1.76 bits per heavy atom. The van der Waals surface area contributed by atoms with E-state index >= 15 is 0 Å². The van der Waals surface area contributed by atoms with Crippen molar-refractivity contribution in [2.24, 2.45) is 0 Å². The minimum absolute atomic E-state index is 0.103. The maximum absolute atomic E-state index is 14.2. The lowest BCUT2D eigenvalue weighted by molar-refractivity contribution is -0.133. The summed E-state index contributed by atoms with van der Waals surface area (Å²) in [5.74, 6) is -0.406. The predicted octanol–water partition coefficient (Wildman–Crippen LogP) is 3.59. The lowest BCUT2D eigenvalue weighted by atomic mass is 10.00. The maximum Gasteiger partial charge on any atom is 0.276 e. The normalized spacial score (nSPS) is 13.4. The molecule has 0 saturated carbocycles. The average Bonchev–Trinajstić information content (AvgIpc) is 3.07. The molecule has 0 aliphatic carbocycles. The molecule has 7 heteroatoms. The molecule has 168 valence electrons. The van der Waals surface area contributed by atoms with Gasteiger partial charge in [-0.25, -0.2) is 9.07 Å². The Morgan fingerprint density at radius 1 is 1.03 bits per heavy atom. The van der Waals surface area contributed by atoms with Crippen LogP contribution in [0.5, 0.6) is 0 Å². The lowest BCUT2D eigenvalue weighted by Crippen LogP contribution is -2.40. The summed E-state index contributed by atoms with van der Waals surface area (Å²) in [5.41, 5.74) is 4.25. The van der Waals surface area contributed by atoms with Crippen LogP contribution in [0.15, 0.2) is 59.5 Å². The van der Waals surface area contributed by atoms with Crippen molar-refractivity contribution in [1.29, 1.82) is 0 Å². The number of hydrogen-bond donors (Lipinski definition) is 0. The fourth-order valence-electron chi connectivity index (χ4n) is 4.73. The highest BCUT2D eigenvalue weighted by molar-refractivity contribution is 5.87. The third-order valence-electron chi connectivity index (χ3n) is 6.66. The third-order valence-corrected chi connectivity index (χ3v) is 6.66. The molecule has 3 heterocycles. The average molecular weight is 445 g/mol. The number of benzene rings is 2. The number of amides is 1. The summed E-state index contributed by atoms with van der Waals surface area (Å²) in [4.78, 5) is 28.1. The fourth-order valence-corrected chi connectivity index (χ4v) is 4.73. The topological polar surface area (TPSA) is 60.1 Å². The second-order valence-electron chi connectivity index (χ2n) is 8.58.